The van der Waals surface area contributed by atoms with Gasteiger partial charge in [0.05, 0.1) is 11.3 Å². The summed E-state index contributed by atoms with van der Waals surface area (Å²) in [6, 6.07) is 9.91. The molecule has 1 aliphatic heterocycles. The van der Waals surface area contributed by atoms with E-state index in [-0.39, 0.29) is 5.91 Å². The van der Waals surface area contributed by atoms with E-state index in [2.05, 4.69) is 46.5 Å². The first-order valence-electron chi connectivity index (χ1n) is 10.2. The highest BCUT2D eigenvalue weighted by molar-refractivity contribution is 5.98. The van der Waals surface area contributed by atoms with E-state index in [1.54, 1.807) is 13.0 Å². The fourth-order valence-corrected chi connectivity index (χ4v) is 3.36. The van der Waals surface area contributed by atoms with Crippen molar-refractivity contribution < 1.29 is 9.59 Å². The highest BCUT2D eigenvalue weighted by atomic mass is 16.2. The number of pyridine rings is 1. The Morgan fingerprint density at radius 2 is 1.80 bits per heavy atom. The van der Waals surface area contributed by atoms with Gasteiger partial charge in [-0.3, -0.25) is 9.59 Å². The predicted molar refractivity (Wildman–Crippen MR) is 120 cm³/mol. The van der Waals surface area contributed by atoms with Crippen LogP contribution in [0.15, 0.2) is 36.5 Å². The molecule has 0 bridgehead atoms. The number of nitrogens with zero attached hydrogens (tertiary/aromatic N) is 3. The van der Waals surface area contributed by atoms with Crippen LogP contribution in [0.4, 0.5) is 22.9 Å². The molecule has 1 aromatic carbocycles. The molecule has 3 rings (SSSR count). The van der Waals surface area contributed by atoms with Crippen molar-refractivity contribution in [1.82, 2.24) is 9.88 Å². The lowest BCUT2D eigenvalue weighted by Gasteiger charge is -2.35. The number of nitrogens with two attached hydrogens (primary N) is 1. The minimum atomic E-state index is -0.505. The summed E-state index contributed by atoms with van der Waals surface area (Å²) in [6.07, 6.45) is 1.50. The van der Waals surface area contributed by atoms with Crippen molar-refractivity contribution in [2.24, 2.45) is 11.7 Å². The van der Waals surface area contributed by atoms with E-state index in [0.29, 0.717) is 23.0 Å². The Morgan fingerprint density at radius 1 is 1.13 bits per heavy atom. The van der Waals surface area contributed by atoms with Gasteiger partial charge < -0.3 is 26.2 Å². The van der Waals surface area contributed by atoms with Crippen LogP contribution in [0, 0.1) is 5.92 Å². The number of carbonyl (C=O) groups is 2. The Balaban J connectivity index is 1.67. The van der Waals surface area contributed by atoms with E-state index in [1.165, 1.54) is 6.20 Å². The molecule has 2 amide bonds. The summed E-state index contributed by atoms with van der Waals surface area (Å²) in [4.78, 5) is 31.6. The molecule has 0 radical (unpaired) electrons. The van der Waals surface area contributed by atoms with Crippen LogP contribution in [0.1, 0.15) is 31.1 Å². The molecule has 1 saturated heterocycles. The molecule has 0 saturated carbocycles. The third-order valence-corrected chi connectivity index (χ3v) is 5.10. The van der Waals surface area contributed by atoms with Gasteiger partial charge in [0.15, 0.2) is 0 Å². The van der Waals surface area contributed by atoms with Crippen LogP contribution >= 0.6 is 0 Å². The Morgan fingerprint density at radius 3 is 2.37 bits per heavy atom. The molecule has 1 fully saturated rings. The lowest BCUT2D eigenvalue weighted by Crippen LogP contribution is -2.48. The summed E-state index contributed by atoms with van der Waals surface area (Å²) in [6.45, 7) is 9.69. The van der Waals surface area contributed by atoms with E-state index in [9.17, 15) is 9.59 Å². The molecule has 0 atom stereocenters. The molecule has 0 unspecified atom stereocenters. The molecular weight excluding hydrogens is 380 g/mol. The standard InChI is InChI=1S/C22H30N6O2/c1-15(2)13-24-20-12-21(25-14-19(20)22(23)30)26-17-4-6-18(7-5-17)28-10-8-27(9-11-28)16(3)29/h4-7,12,14-15H,8-11,13H2,1-3H3,(H2,23,30)(H2,24,25,26). The molecule has 0 aliphatic carbocycles. The molecule has 30 heavy (non-hydrogen) atoms. The minimum Gasteiger partial charge on any atom is -0.384 e. The lowest BCUT2D eigenvalue weighted by molar-refractivity contribution is -0.129. The number of nitrogens with one attached hydrogen (secondary N) is 2. The van der Waals surface area contributed by atoms with Gasteiger partial charge in [0.1, 0.15) is 5.82 Å². The normalized spacial score (nSPS) is 14.0. The number of hydrogen-bond donors (Lipinski definition) is 3. The van der Waals surface area contributed by atoms with Gasteiger partial charge in [-0.25, -0.2) is 4.98 Å². The van der Waals surface area contributed by atoms with E-state index >= 15 is 0 Å². The summed E-state index contributed by atoms with van der Waals surface area (Å²) < 4.78 is 0. The Bertz CT molecular complexity index is 889. The van der Waals surface area contributed by atoms with Gasteiger partial charge >= 0.3 is 0 Å². The van der Waals surface area contributed by atoms with Crippen LogP contribution in [0.3, 0.4) is 0 Å². The molecular formula is C22H30N6O2. The molecule has 0 spiro atoms. The van der Waals surface area contributed by atoms with E-state index in [1.807, 2.05) is 17.0 Å². The number of benzene rings is 1. The van der Waals surface area contributed by atoms with Crippen LogP contribution < -0.4 is 21.3 Å². The predicted octanol–water partition coefficient (Wildman–Crippen LogP) is 2.66. The zero-order valence-corrected chi connectivity index (χ0v) is 17.8. The van der Waals surface area contributed by atoms with Gasteiger partial charge in [-0.1, -0.05) is 13.8 Å². The average Bonchev–Trinajstić information content (AvgIpc) is 2.73. The van der Waals surface area contributed by atoms with E-state index in [0.717, 1.165) is 44.1 Å². The summed E-state index contributed by atoms with van der Waals surface area (Å²) in [7, 11) is 0. The SMILES string of the molecule is CC(=O)N1CCN(c2ccc(Nc3cc(NCC(C)C)c(C(N)=O)cn3)cc2)CC1. The van der Waals surface area contributed by atoms with Gasteiger partial charge in [-0.05, 0) is 30.2 Å². The van der Waals surface area contributed by atoms with Crippen LogP contribution in [0.2, 0.25) is 0 Å². The van der Waals surface area contributed by atoms with Gasteiger partial charge in [-0.2, -0.15) is 0 Å². The number of aromatic nitrogens is 1. The maximum Gasteiger partial charge on any atom is 0.252 e. The second kappa shape index (κ2) is 9.47. The first-order chi connectivity index (χ1) is 14.3. The van der Waals surface area contributed by atoms with E-state index < -0.39 is 5.91 Å². The summed E-state index contributed by atoms with van der Waals surface area (Å²) >= 11 is 0. The minimum absolute atomic E-state index is 0.131. The maximum absolute atomic E-state index is 11.7. The Kier molecular flexibility index (Phi) is 6.76. The number of hydrogen-bond acceptors (Lipinski definition) is 6. The Hall–Kier alpha value is -3.29. The van der Waals surface area contributed by atoms with Gasteiger partial charge in [0.2, 0.25) is 5.91 Å². The van der Waals surface area contributed by atoms with Crippen molar-refractivity contribution in [3.63, 3.8) is 0 Å². The van der Waals surface area contributed by atoms with Crippen molar-refractivity contribution >= 4 is 34.7 Å². The van der Waals surface area contributed by atoms with Crippen molar-refractivity contribution in [1.29, 1.82) is 0 Å². The van der Waals surface area contributed by atoms with Gasteiger partial charge in [-0.15, -0.1) is 0 Å². The topological polar surface area (TPSA) is 104 Å². The zero-order valence-electron chi connectivity index (χ0n) is 17.8. The number of anilines is 4. The average molecular weight is 411 g/mol. The second-order valence-electron chi connectivity index (χ2n) is 7.92. The van der Waals surface area contributed by atoms with Gasteiger partial charge in [0, 0.05) is 63.3 Å². The van der Waals surface area contributed by atoms with Crippen molar-refractivity contribution in [3.05, 3.63) is 42.1 Å². The fraction of sp³-hybridized carbons (Fsp3) is 0.409. The molecule has 160 valence electrons. The highest BCUT2D eigenvalue weighted by Crippen LogP contribution is 2.24. The molecule has 2 aromatic rings. The van der Waals surface area contributed by atoms with Crippen LogP contribution in [-0.2, 0) is 4.79 Å². The molecule has 4 N–H and O–H groups in total. The summed E-state index contributed by atoms with van der Waals surface area (Å²) in [5.74, 6) is 0.690. The quantitative estimate of drug-likeness (QED) is 0.648. The smallest absolute Gasteiger partial charge is 0.252 e. The number of amides is 2. The molecule has 1 aliphatic rings. The van der Waals surface area contributed by atoms with Gasteiger partial charge in [0.25, 0.3) is 5.91 Å². The fourth-order valence-electron chi connectivity index (χ4n) is 3.36. The number of piperazine rings is 1. The Labute approximate surface area is 177 Å². The van der Waals surface area contributed by atoms with E-state index in [4.69, 9.17) is 5.73 Å². The second-order valence-corrected chi connectivity index (χ2v) is 7.92. The van der Waals surface area contributed by atoms with Crippen LogP contribution in [0.25, 0.3) is 0 Å². The maximum atomic E-state index is 11.7. The zero-order chi connectivity index (χ0) is 21.7. The van der Waals surface area contributed by atoms with Crippen molar-refractivity contribution in [2.75, 3.05) is 48.3 Å². The monoisotopic (exact) mass is 410 g/mol. The molecule has 8 heteroatoms. The number of carbonyl (C=O) groups excluding carboxylic acids is 2. The summed E-state index contributed by atoms with van der Waals surface area (Å²) in [5.41, 5.74) is 8.54. The first-order valence-corrected chi connectivity index (χ1v) is 10.2. The number of primary amides is 1. The molecule has 1 aromatic heterocycles. The third kappa shape index (κ3) is 5.40. The molecule has 8 nitrogen and oxygen atoms in total. The largest absolute Gasteiger partial charge is 0.384 e. The lowest BCUT2D eigenvalue weighted by atomic mass is 10.1. The first kappa shape index (κ1) is 21.4. The van der Waals surface area contributed by atoms with Crippen molar-refractivity contribution in [3.8, 4) is 0 Å². The molecule has 2 heterocycles. The van der Waals surface area contributed by atoms with Crippen LogP contribution in [0.5, 0.6) is 0 Å². The van der Waals surface area contributed by atoms with Crippen LogP contribution in [-0.4, -0.2) is 54.4 Å². The van der Waals surface area contributed by atoms with Crippen molar-refractivity contribution in [2.45, 2.75) is 20.8 Å². The third-order valence-electron chi connectivity index (χ3n) is 5.10. The highest BCUT2D eigenvalue weighted by Gasteiger charge is 2.18. The summed E-state index contributed by atoms with van der Waals surface area (Å²) in [5, 5.41) is 6.54. The number of rotatable bonds is 7.